The largest absolute Gasteiger partial charge is 0.387 e. The molecule has 0 saturated carbocycles. The molecule has 4 heteroatoms. The highest BCUT2D eigenvalue weighted by atomic mass is 19.1. The number of β-amino-alcohol motifs (C(OH)–C–C–N with tert-alkyl or cyclic N) is 1. The zero-order valence-corrected chi connectivity index (χ0v) is 11.3. The second kappa shape index (κ2) is 5.77. The van der Waals surface area contributed by atoms with Crippen LogP contribution in [0.15, 0.2) is 42.6 Å². The van der Waals surface area contributed by atoms with E-state index in [0.717, 1.165) is 19.4 Å². The first-order valence-electron chi connectivity index (χ1n) is 7.05. The lowest BCUT2D eigenvalue weighted by Gasteiger charge is -2.26. The summed E-state index contributed by atoms with van der Waals surface area (Å²) in [6.45, 7) is 1.40. The fourth-order valence-corrected chi connectivity index (χ4v) is 3.01. The molecule has 1 saturated heterocycles. The number of H-pyrrole nitrogens is 1. The minimum absolute atomic E-state index is 0.298. The first-order valence-corrected chi connectivity index (χ1v) is 7.05. The normalized spacial score (nSPS) is 21.2. The van der Waals surface area contributed by atoms with Crippen molar-refractivity contribution in [3.63, 3.8) is 0 Å². The predicted molar refractivity (Wildman–Crippen MR) is 75.7 cm³/mol. The second-order valence-electron chi connectivity index (χ2n) is 5.32. The maximum atomic E-state index is 13.7. The SMILES string of the molecule is OC(CN1CCCC1c1ccc[nH]1)c1ccccc1F. The quantitative estimate of drug-likeness (QED) is 0.899. The molecule has 2 N–H and O–H groups in total. The monoisotopic (exact) mass is 274 g/mol. The van der Waals surface area contributed by atoms with Crippen LogP contribution in [0.25, 0.3) is 0 Å². The van der Waals surface area contributed by atoms with Crippen LogP contribution < -0.4 is 0 Å². The molecule has 1 aromatic carbocycles. The van der Waals surface area contributed by atoms with Crippen molar-refractivity contribution in [3.8, 4) is 0 Å². The Balaban J connectivity index is 1.72. The van der Waals surface area contributed by atoms with Gasteiger partial charge in [-0.3, -0.25) is 4.90 Å². The number of hydrogen-bond donors (Lipinski definition) is 2. The summed E-state index contributed by atoms with van der Waals surface area (Å²) in [7, 11) is 0. The van der Waals surface area contributed by atoms with Gasteiger partial charge in [-0.05, 0) is 37.6 Å². The number of likely N-dealkylation sites (tertiary alicyclic amines) is 1. The van der Waals surface area contributed by atoms with Crippen LogP contribution in [-0.4, -0.2) is 28.1 Å². The molecular weight excluding hydrogens is 255 g/mol. The summed E-state index contributed by atoms with van der Waals surface area (Å²) in [4.78, 5) is 5.46. The Hall–Kier alpha value is -1.65. The lowest BCUT2D eigenvalue weighted by molar-refractivity contribution is 0.102. The lowest BCUT2D eigenvalue weighted by atomic mass is 10.1. The molecule has 1 aromatic heterocycles. The zero-order chi connectivity index (χ0) is 13.9. The van der Waals surface area contributed by atoms with Crippen molar-refractivity contribution >= 4 is 0 Å². The van der Waals surface area contributed by atoms with Gasteiger partial charge in [-0.1, -0.05) is 18.2 Å². The topological polar surface area (TPSA) is 39.3 Å². The number of aliphatic hydroxyl groups is 1. The molecule has 106 valence electrons. The molecule has 2 heterocycles. The number of benzene rings is 1. The van der Waals surface area contributed by atoms with E-state index in [-0.39, 0.29) is 5.82 Å². The van der Waals surface area contributed by atoms with Crippen molar-refractivity contribution < 1.29 is 9.50 Å². The van der Waals surface area contributed by atoms with E-state index in [4.69, 9.17) is 0 Å². The molecule has 0 bridgehead atoms. The van der Waals surface area contributed by atoms with Crippen LogP contribution in [0.2, 0.25) is 0 Å². The van der Waals surface area contributed by atoms with Crippen molar-refractivity contribution in [1.29, 1.82) is 0 Å². The van der Waals surface area contributed by atoms with Crippen molar-refractivity contribution in [3.05, 3.63) is 59.7 Å². The van der Waals surface area contributed by atoms with Gasteiger partial charge in [-0.2, -0.15) is 0 Å². The molecule has 3 rings (SSSR count). The molecule has 20 heavy (non-hydrogen) atoms. The summed E-state index contributed by atoms with van der Waals surface area (Å²) in [6.07, 6.45) is 3.31. The highest BCUT2D eigenvalue weighted by Crippen LogP contribution is 2.32. The molecule has 0 amide bonds. The second-order valence-corrected chi connectivity index (χ2v) is 5.32. The first-order chi connectivity index (χ1) is 9.75. The number of rotatable bonds is 4. The maximum Gasteiger partial charge on any atom is 0.129 e. The third kappa shape index (κ3) is 2.62. The van der Waals surface area contributed by atoms with Gasteiger partial charge in [0.25, 0.3) is 0 Å². The number of halogens is 1. The Labute approximate surface area is 118 Å². The van der Waals surface area contributed by atoms with E-state index in [1.165, 1.54) is 11.8 Å². The number of aromatic nitrogens is 1. The summed E-state index contributed by atoms with van der Waals surface area (Å²) in [6, 6.07) is 10.8. The van der Waals surface area contributed by atoms with E-state index in [1.807, 2.05) is 12.3 Å². The number of hydrogen-bond acceptors (Lipinski definition) is 2. The van der Waals surface area contributed by atoms with Crippen LogP contribution in [0.1, 0.15) is 36.2 Å². The standard InChI is InChI=1S/C16H19FN2O/c17-13-6-2-1-5-12(13)16(20)11-19-10-4-8-15(19)14-7-3-9-18-14/h1-3,5-7,9,15-16,18,20H,4,8,10-11H2. The molecule has 1 aliphatic rings. The van der Waals surface area contributed by atoms with Crippen molar-refractivity contribution in [1.82, 2.24) is 9.88 Å². The average Bonchev–Trinajstić information content (AvgIpc) is 3.09. The summed E-state index contributed by atoms with van der Waals surface area (Å²) in [5.74, 6) is -0.337. The van der Waals surface area contributed by atoms with Gasteiger partial charge < -0.3 is 10.1 Å². The van der Waals surface area contributed by atoms with Gasteiger partial charge >= 0.3 is 0 Å². The minimum atomic E-state index is -0.785. The van der Waals surface area contributed by atoms with E-state index >= 15 is 0 Å². The molecule has 0 aliphatic carbocycles. The van der Waals surface area contributed by atoms with Crippen LogP contribution in [0, 0.1) is 5.82 Å². The van der Waals surface area contributed by atoms with Crippen molar-refractivity contribution in [2.24, 2.45) is 0 Å². The molecule has 0 radical (unpaired) electrons. The van der Waals surface area contributed by atoms with Gasteiger partial charge in [0.15, 0.2) is 0 Å². The number of aromatic amines is 1. The number of nitrogens with zero attached hydrogens (tertiary/aromatic N) is 1. The van der Waals surface area contributed by atoms with Gasteiger partial charge in [0.2, 0.25) is 0 Å². The predicted octanol–water partition coefficient (Wildman–Crippen LogP) is 3.02. The molecule has 3 nitrogen and oxygen atoms in total. The lowest BCUT2D eigenvalue weighted by Crippen LogP contribution is -2.29. The van der Waals surface area contributed by atoms with Gasteiger partial charge in [-0.15, -0.1) is 0 Å². The van der Waals surface area contributed by atoms with Crippen molar-refractivity contribution in [2.75, 3.05) is 13.1 Å². The summed E-state index contributed by atoms with van der Waals surface area (Å²) in [5.41, 5.74) is 1.55. The van der Waals surface area contributed by atoms with E-state index in [1.54, 1.807) is 18.2 Å². The Bertz CT molecular complexity index is 555. The van der Waals surface area contributed by atoms with Crippen LogP contribution in [0.3, 0.4) is 0 Å². The summed E-state index contributed by atoms with van der Waals surface area (Å²) < 4.78 is 13.7. The fourth-order valence-electron chi connectivity index (χ4n) is 3.01. The molecule has 1 fully saturated rings. The van der Waals surface area contributed by atoms with Gasteiger partial charge in [-0.25, -0.2) is 4.39 Å². The minimum Gasteiger partial charge on any atom is -0.387 e. The first kappa shape index (κ1) is 13.3. The Morgan fingerprint density at radius 3 is 2.90 bits per heavy atom. The third-order valence-corrected chi connectivity index (χ3v) is 4.02. The fraction of sp³-hybridized carbons (Fsp3) is 0.375. The highest BCUT2D eigenvalue weighted by Gasteiger charge is 2.29. The average molecular weight is 274 g/mol. The Kier molecular flexibility index (Phi) is 3.85. The molecule has 2 aromatic rings. The molecule has 1 aliphatic heterocycles. The van der Waals surface area contributed by atoms with E-state index in [9.17, 15) is 9.50 Å². The van der Waals surface area contributed by atoms with Gasteiger partial charge in [0, 0.05) is 30.0 Å². The van der Waals surface area contributed by atoms with E-state index in [0.29, 0.717) is 18.2 Å². The summed E-state index contributed by atoms with van der Waals surface area (Å²) >= 11 is 0. The van der Waals surface area contributed by atoms with Gasteiger partial charge in [0.05, 0.1) is 6.10 Å². The van der Waals surface area contributed by atoms with E-state index in [2.05, 4.69) is 16.0 Å². The van der Waals surface area contributed by atoms with Crippen LogP contribution >= 0.6 is 0 Å². The molecular formula is C16H19FN2O. The Morgan fingerprint density at radius 2 is 2.15 bits per heavy atom. The van der Waals surface area contributed by atoms with Crippen LogP contribution in [-0.2, 0) is 0 Å². The Morgan fingerprint density at radius 1 is 1.30 bits per heavy atom. The zero-order valence-electron chi connectivity index (χ0n) is 11.3. The van der Waals surface area contributed by atoms with Crippen LogP contribution in [0.5, 0.6) is 0 Å². The van der Waals surface area contributed by atoms with E-state index < -0.39 is 6.10 Å². The molecule has 0 spiro atoms. The number of aliphatic hydroxyl groups excluding tert-OH is 1. The van der Waals surface area contributed by atoms with Crippen molar-refractivity contribution in [2.45, 2.75) is 25.0 Å². The summed E-state index contributed by atoms with van der Waals surface area (Å²) in [5, 5.41) is 10.3. The van der Waals surface area contributed by atoms with Crippen LogP contribution in [0.4, 0.5) is 4.39 Å². The molecule has 2 unspecified atom stereocenters. The smallest absolute Gasteiger partial charge is 0.129 e. The maximum absolute atomic E-state index is 13.7. The van der Waals surface area contributed by atoms with Gasteiger partial charge in [0.1, 0.15) is 5.82 Å². The number of nitrogens with one attached hydrogen (secondary N) is 1. The third-order valence-electron chi connectivity index (χ3n) is 4.02. The highest BCUT2D eigenvalue weighted by molar-refractivity contribution is 5.20. The molecule has 2 atom stereocenters.